The van der Waals surface area contributed by atoms with Crippen LogP contribution >= 0.6 is 0 Å². The van der Waals surface area contributed by atoms with Crippen LogP contribution in [0.25, 0.3) is 11.1 Å². The van der Waals surface area contributed by atoms with Crippen molar-refractivity contribution in [1.29, 1.82) is 0 Å². The minimum atomic E-state index is -0.569. The SMILES string of the molecule is CC(C)CC(O)CNC(=O)Nc1ccc2c(c1)oc(=O)n2C. The second kappa shape index (κ2) is 6.65. The van der Waals surface area contributed by atoms with Gasteiger partial charge in [0.25, 0.3) is 0 Å². The quantitative estimate of drug-likeness (QED) is 0.782. The van der Waals surface area contributed by atoms with E-state index in [1.54, 1.807) is 25.2 Å². The molecule has 2 aromatic rings. The van der Waals surface area contributed by atoms with Gasteiger partial charge in [0.05, 0.1) is 11.6 Å². The first-order valence-electron chi connectivity index (χ1n) is 7.19. The standard InChI is InChI=1S/C15H21N3O4/c1-9(2)6-11(19)8-16-14(20)17-10-4-5-12-13(7-10)22-15(21)18(12)3/h4-5,7,9,11,19H,6,8H2,1-3H3,(H2,16,17,20). The largest absolute Gasteiger partial charge is 0.419 e. The Hall–Kier alpha value is -2.28. The summed E-state index contributed by atoms with van der Waals surface area (Å²) in [5.41, 5.74) is 1.58. The lowest BCUT2D eigenvalue weighted by atomic mass is 10.1. The predicted molar refractivity (Wildman–Crippen MR) is 83.9 cm³/mol. The summed E-state index contributed by atoms with van der Waals surface area (Å²) < 4.78 is 6.45. The maximum atomic E-state index is 11.8. The predicted octanol–water partition coefficient (Wildman–Crippen LogP) is 1.66. The van der Waals surface area contributed by atoms with Gasteiger partial charge in [-0.3, -0.25) is 4.57 Å². The van der Waals surface area contributed by atoms with E-state index in [2.05, 4.69) is 10.6 Å². The zero-order valence-electron chi connectivity index (χ0n) is 12.9. The number of aliphatic hydroxyl groups is 1. The maximum Gasteiger partial charge on any atom is 0.419 e. The average Bonchev–Trinajstić information content (AvgIpc) is 2.71. The van der Waals surface area contributed by atoms with Crippen molar-refractivity contribution in [3.8, 4) is 0 Å². The van der Waals surface area contributed by atoms with E-state index in [1.807, 2.05) is 13.8 Å². The number of rotatable bonds is 5. The molecule has 1 atom stereocenters. The van der Waals surface area contributed by atoms with Gasteiger partial charge in [-0.1, -0.05) is 13.8 Å². The summed E-state index contributed by atoms with van der Waals surface area (Å²) in [6, 6.07) is 4.55. The fourth-order valence-electron chi connectivity index (χ4n) is 2.22. The van der Waals surface area contributed by atoms with Gasteiger partial charge in [-0.2, -0.15) is 0 Å². The lowest BCUT2D eigenvalue weighted by Crippen LogP contribution is -2.35. The van der Waals surface area contributed by atoms with Crippen molar-refractivity contribution < 1.29 is 14.3 Å². The van der Waals surface area contributed by atoms with Crippen molar-refractivity contribution in [2.24, 2.45) is 13.0 Å². The molecule has 2 amide bonds. The Bertz CT molecular complexity index is 717. The first-order chi connectivity index (χ1) is 10.4. The van der Waals surface area contributed by atoms with Crippen LogP contribution in [-0.2, 0) is 7.05 Å². The number of fused-ring (bicyclic) bond motifs is 1. The van der Waals surface area contributed by atoms with Gasteiger partial charge in [-0.05, 0) is 24.5 Å². The highest BCUT2D eigenvalue weighted by atomic mass is 16.4. The third-order valence-electron chi connectivity index (χ3n) is 3.29. The van der Waals surface area contributed by atoms with E-state index in [-0.39, 0.29) is 6.54 Å². The number of carbonyl (C=O) groups excluding carboxylic acids is 1. The fraction of sp³-hybridized carbons (Fsp3) is 0.467. The maximum absolute atomic E-state index is 11.8. The number of nitrogens with one attached hydrogen (secondary N) is 2. The molecule has 7 nitrogen and oxygen atoms in total. The Kier molecular flexibility index (Phi) is 4.87. The van der Waals surface area contributed by atoms with Crippen molar-refractivity contribution in [2.75, 3.05) is 11.9 Å². The Balaban J connectivity index is 1.95. The summed E-state index contributed by atoms with van der Waals surface area (Å²) in [4.78, 5) is 23.2. The summed E-state index contributed by atoms with van der Waals surface area (Å²) in [5, 5.41) is 15.0. The van der Waals surface area contributed by atoms with Gasteiger partial charge in [0, 0.05) is 25.3 Å². The molecule has 22 heavy (non-hydrogen) atoms. The first kappa shape index (κ1) is 16.1. The van der Waals surface area contributed by atoms with E-state index in [1.165, 1.54) is 4.57 Å². The van der Waals surface area contributed by atoms with Gasteiger partial charge in [-0.15, -0.1) is 0 Å². The highest BCUT2D eigenvalue weighted by Gasteiger charge is 2.10. The summed E-state index contributed by atoms with van der Waals surface area (Å²) in [5.74, 6) is -0.0864. The number of aryl methyl sites for hydroxylation is 1. The number of aromatic nitrogens is 1. The van der Waals surface area contributed by atoms with Crippen molar-refractivity contribution in [3.05, 3.63) is 28.7 Å². The van der Waals surface area contributed by atoms with Crippen LogP contribution < -0.4 is 16.4 Å². The topological polar surface area (TPSA) is 96.5 Å². The molecule has 2 rings (SSSR count). The number of urea groups is 1. The van der Waals surface area contributed by atoms with Crippen LogP contribution in [0.3, 0.4) is 0 Å². The Labute approximate surface area is 127 Å². The van der Waals surface area contributed by atoms with E-state index in [9.17, 15) is 14.7 Å². The molecule has 120 valence electrons. The molecular weight excluding hydrogens is 286 g/mol. The second-order valence-electron chi connectivity index (χ2n) is 5.73. The summed E-state index contributed by atoms with van der Waals surface area (Å²) in [6.45, 7) is 4.20. The molecule has 1 heterocycles. The minimum Gasteiger partial charge on any atom is -0.408 e. The molecule has 0 saturated carbocycles. The van der Waals surface area contributed by atoms with E-state index in [4.69, 9.17) is 4.42 Å². The van der Waals surface area contributed by atoms with Crippen molar-refractivity contribution in [1.82, 2.24) is 9.88 Å². The first-order valence-corrected chi connectivity index (χ1v) is 7.19. The van der Waals surface area contributed by atoms with Crippen LogP contribution in [0.15, 0.2) is 27.4 Å². The molecule has 0 aliphatic carbocycles. The van der Waals surface area contributed by atoms with Gasteiger partial charge in [0.1, 0.15) is 0 Å². The third kappa shape index (κ3) is 3.88. The second-order valence-corrected chi connectivity index (χ2v) is 5.73. The molecule has 1 aromatic heterocycles. The molecule has 0 radical (unpaired) electrons. The van der Waals surface area contributed by atoms with Crippen LogP contribution in [0.4, 0.5) is 10.5 Å². The number of nitrogens with zero attached hydrogens (tertiary/aromatic N) is 1. The van der Waals surface area contributed by atoms with Gasteiger partial charge >= 0.3 is 11.8 Å². The minimum absolute atomic E-state index is 0.187. The molecule has 0 saturated heterocycles. The molecule has 0 fully saturated rings. The monoisotopic (exact) mass is 307 g/mol. The zero-order chi connectivity index (χ0) is 16.3. The van der Waals surface area contributed by atoms with E-state index in [0.29, 0.717) is 29.1 Å². The average molecular weight is 307 g/mol. The van der Waals surface area contributed by atoms with Crippen LogP contribution in [0.1, 0.15) is 20.3 Å². The number of anilines is 1. The van der Waals surface area contributed by atoms with E-state index >= 15 is 0 Å². The molecule has 0 spiro atoms. The normalized spacial score (nSPS) is 12.6. The van der Waals surface area contributed by atoms with Crippen molar-refractivity contribution >= 4 is 22.8 Å². The molecule has 0 aliphatic rings. The lowest BCUT2D eigenvalue weighted by molar-refractivity contribution is 0.148. The van der Waals surface area contributed by atoms with E-state index < -0.39 is 17.9 Å². The number of hydrogen-bond donors (Lipinski definition) is 3. The smallest absolute Gasteiger partial charge is 0.408 e. The van der Waals surface area contributed by atoms with Crippen LogP contribution in [0.5, 0.6) is 0 Å². The number of aliphatic hydroxyl groups excluding tert-OH is 1. The van der Waals surface area contributed by atoms with Crippen molar-refractivity contribution in [3.63, 3.8) is 0 Å². The van der Waals surface area contributed by atoms with Crippen LogP contribution in [0, 0.1) is 5.92 Å². The lowest BCUT2D eigenvalue weighted by Gasteiger charge is -2.14. The molecule has 1 unspecified atom stereocenters. The molecular formula is C15H21N3O4. The Morgan fingerprint density at radius 2 is 2.14 bits per heavy atom. The molecule has 7 heteroatoms. The molecule has 3 N–H and O–H groups in total. The van der Waals surface area contributed by atoms with Gasteiger partial charge in [-0.25, -0.2) is 9.59 Å². The fourth-order valence-corrected chi connectivity index (χ4v) is 2.22. The Morgan fingerprint density at radius 1 is 1.41 bits per heavy atom. The summed E-state index contributed by atoms with van der Waals surface area (Å²) >= 11 is 0. The number of oxazole rings is 1. The van der Waals surface area contributed by atoms with Crippen molar-refractivity contribution in [2.45, 2.75) is 26.4 Å². The number of hydrogen-bond acceptors (Lipinski definition) is 4. The van der Waals surface area contributed by atoms with Gasteiger partial charge in [0.2, 0.25) is 0 Å². The van der Waals surface area contributed by atoms with Gasteiger partial charge < -0.3 is 20.2 Å². The number of amides is 2. The van der Waals surface area contributed by atoms with Crippen LogP contribution in [0.2, 0.25) is 0 Å². The number of benzene rings is 1. The zero-order valence-corrected chi connectivity index (χ0v) is 12.9. The highest BCUT2D eigenvalue weighted by molar-refractivity contribution is 5.91. The van der Waals surface area contributed by atoms with E-state index in [0.717, 1.165) is 0 Å². The molecule has 1 aromatic carbocycles. The summed E-state index contributed by atoms with van der Waals surface area (Å²) in [7, 11) is 1.62. The van der Waals surface area contributed by atoms with Gasteiger partial charge in [0.15, 0.2) is 5.58 Å². The number of carbonyl (C=O) groups is 1. The highest BCUT2D eigenvalue weighted by Crippen LogP contribution is 2.17. The molecule has 0 bridgehead atoms. The Morgan fingerprint density at radius 3 is 2.82 bits per heavy atom. The molecule has 0 aliphatic heterocycles. The summed E-state index contributed by atoms with van der Waals surface area (Å²) in [6.07, 6.45) is 0.0573. The third-order valence-corrected chi connectivity index (χ3v) is 3.29. The van der Waals surface area contributed by atoms with Crippen LogP contribution in [-0.4, -0.2) is 28.4 Å².